The van der Waals surface area contributed by atoms with Gasteiger partial charge in [-0.25, -0.2) is 0 Å². The SMILES string of the molecule is c1ccc(-c2ccccc2-c2ccc(N(c3ccccc3)c3ccc4c(c3)sc3c5ccccc5ccc43)cc2)cc1. The Labute approximate surface area is 249 Å². The van der Waals surface area contributed by atoms with Crippen molar-refractivity contribution in [3.8, 4) is 22.3 Å². The molecule has 2 heteroatoms. The lowest BCUT2D eigenvalue weighted by atomic mass is 9.94. The Morgan fingerprint density at radius 3 is 1.71 bits per heavy atom. The van der Waals surface area contributed by atoms with Gasteiger partial charge in [0.15, 0.2) is 0 Å². The van der Waals surface area contributed by atoms with Crippen LogP contribution in [-0.4, -0.2) is 0 Å². The largest absolute Gasteiger partial charge is 0.310 e. The van der Waals surface area contributed by atoms with Crippen molar-refractivity contribution in [3.63, 3.8) is 0 Å². The minimum Gasteiger partial charge on any atom is -0.310 e. The van der Waals surface area contributed by atoms with Crippen molar-refractivity contribution < 1.29 is 0 Å². The molecule has 0 saturated heterocycles. The molecule has 0 bridgehead atoms. The van der Waals surface area contributed by atoms with E-state index in [4.69, 9.17) is 0 Å². The van der Waals surface area contributed by atoms with Gasteiger partial charge in [0.05, 0.1) is 0 Å². The second-order valence-corrected chi connectivity index (χ2v) is 11.6. The number of nitrogens with zero attached hydrogens (tertiary/aromatic N) is 1. The number of anilines is 3. The molecule has 0 unspecified atom stereocenters. The number of benzene rings is 7. The van der Waals surface area contributed by atoms with Crippen molar-refractivity contribution >= 4 is 59.3 Å². The molecular weight excluding hydrogens is 527 g/mol. The topological polar surface area (TPSA) is 3.24 Å². The molecule has 0 saturated carbocycles. The fourth-order valence-corrected chi connectivity index (χ4v) is 7.32. The maximum Gasteiger partial charge on any atom is 0.0476 e. The van der Waals surface area contributed by atoms with Crippen molar-refractivity contribution in [3.05, 3.63) is 164 Å². The number of para-hydroxylation sites is 1. The Kier molecular flexibility index (Phi) is 6.05. The average Bonchev–Trinajstić information content (AvgIpc) is 3.45. The Bertz CT molecular complexity index is 2180. The molecule has 1 aromatic heterocycles. The molecule has 1 nitrogen and oxygen atoms in total. The van der Waals surface area contributed by atoms with E-state index in [0.29, 0.717) is 0 Å². The summed E-state index contributed by atoms with van der Waals surface area (Å²) in [7, 11) is 0. The standard InChI is InChI=1S/C40H27NS/c1-3-11-28(12-4-1)34-16-9-10-17-35(34)30-19-22-32(23-20-30)41(31-14-5-2-6-15-31)33-24-26-37-38-25-21-29-13-7-8-18-36(29)40(38)42-39(37)27-33/h1-27H. The third-order valence-corrected chi connectivity index (χ3v) is 9.27. The van der Waals surface area contributed by atoms with Crippen LogP contribution in [0.15, 0.2) is 164 Å². The predicted octanol–water partition coefficient (Wildman–Crippen LogP) is 12.0. The van der Waals surface area contributed by atoms with Gasteiger partial charge >= 0.3 is 0 Å². The third kappa shape index (κ3) is 4.25. The molecule has 0 atom stereocenters. The quantitative estimate of drug-likeness (QED) is 0.205. The van der Waals surface area contributed by atoms with E-state index in [1.54, 1.807) is 0 Å². The van der Waals surface area contributed by atoms with Gasteiger partial charge < -0.3 is 4.90 Å². The van der Waals surface area contributed by atoms with Gasteiger partial charge in [0.25, 0.3) is 0 Å². The highest BCUT2D eigenvalue weighted by atomic mass is 32.1. The first-order chi connectivity index (χ1) is 20.8. The number of hydrogen-bond donors (Lipinski definition) is 0. The Hall–Kier alpha value is -5.18. The highest BCUT2D eigenvalue weighted by Gasteiger charge is 2.16. The van der Waals surface area contributed by atoms with E-state index >= 15 is 0 Å². The summed E-state index contributed by atoms with van der Waals surface area (Å²) in [5, 5.41) is 5.25. The third-order valence-electron chi connectivity index (χ3n) is 8.07. The molecule has 0 N–H and O–H groups in total. The summed E-state index contributed by atoms with van der Waals surface area (Å²) in [5.41, 5.74) is 8.34. The summed E-state index contributed by atoms with van der Waals surface area (Å²) < 4.78 is 2.65. The molecule has 1 heterocycles. The van der Waals surface area contributed by atoms with Gasteiger partial charge in [-0.1, -0.05) is 127 Å². The second kappa shape index (κ2) is 10.3. The fraction of sp³-hybridized carbons (Fsp3) is 0. The van der Waals surface area contributed by atoms with E-state index in [-0.39, 0.29) is 0 Å². The molecule has 8 rings (SSSR count). The van der Waals surface area contributed by atoms with E-state index in [1.807, 2.05) is 11.3 Å². The summed E-state index contributed by atoms with van der Waals surface area (Å²) in [5.74, 6) is 0. The first-order valence-electron chi connectivity index (χ1n) is 14.3. The van der Waals surface area contributed by atoms with E-state index in [9.17, 15) is 0 Å². The van der Waals surface area contributed by atoms with Crippen LogP contribution >= 0.6 is 11.3 Å². The van der Waals surface area contributed by atoms with Crippen molar-refractivity contribution in [2.24, 2.45) is 0 Å². The molecule has 198 valence electrons. The van der Waals surface area contributed by atoms with Gasteiger partial charge in [-0.2, -0.15) is 0 Å². The molecule has 0 amide bonds. The smallest absolute Gasteiger partial charge is 0.0476 e. The lowest BCUT2D eigenvalue weighted by molar-refractivity contribution is 1.29. The van der Waals surface area contributed by atoms with Crippen LogP contribution in [0.2, 0.25) is 0 Å². The highest BCUT2D eigenvalue weighted by molar-refractivity contribution is 7.26. The van der Waals surface area contributed by atoms with E-state index < -0.39 is 0 Å². The van der Waals surface area contributed by atoms with Crippen molar-refractivity contribution in [1.29, 1.82) is 0 Å². The lowest BCUT2D eigenvalue weighted by Crippen LogP contribution is -2.09. The molecule has 0 aliphatic rings. The van der Waals surface area contributed by atoms with Crippen LogP contribution in [0.1, 0.15) is 0 Å². The summed E-state index contributed by atoms with van der Waals surface area (Å²) in [6.45, 7) is 0. The van der Waals surface area contributed by atoms with Crippen LogP contribution in [0, 0.1) is 0 Å². The molecule has 8 aromatic rings. The van der Waals surface area contributed by atoms with Gasteiger partial charge in [0.1, 0.15) is 0 Å². The van der Waals surface area contributed by atoms with E-state index in [0.717, 1.165) is 17.1 Å². The summed E-state index contributed by atoms with van der Waals surface area (Å²) in [6, 6.07) is 59.0. The maximum atomic E-state index is 2.36. The number of rotatable bonds is 5. The highest BCUT2D eigenvalue weighted by Crippen LogP contribution is 2.43. The molecule has 0 radical (unpaired) electrons. The number of fused-ring (bicyclic) bond motifs is 5. The summed E-state index contributed by atoms with van der Waals surface area (Å²) in [4.78, 5) is 2.36. The van der Waals surface area contributed by atoms with E-state index in [1.165, 1.54) is 53.2 Å². The maximum absolute atomic E-state index is 2.36. The minimum atomic E-state index is 1.13. The Morgan fingerprint density at radius 1 is 0.381 bits per heavy atom. The van der Waals surface area contributed by atoms with Gasteiger partial charge in [0, 0.05) is 37.2 Å². The minimum absolute atomic E-state index is 1.13. The number of hydrogen-bond acceptors (Lipinski definition) is 2. The lowest BCUT2D eigenvalue weighted by Gasteiger charge is -2.26. The summed E-state index contributed by atoms with van der Waals surface area (Å²) >= 11 is 1.89. The molecule has 42 heavy (non-hydrogen) atoms. The number of thiophene rings is 1. The molecule has 0 aliphatic carbocycles. The van der Waals surface area contributed by atoms with Gasteiger partial charge in [0.2, 0.25) is 0 Å². The van der Waals surface area contributed by atoms with Crippen LogP contribution in [0.5, 0.6) is 0 Å². The molecular formula is C40H27NS. The first kappa shape index (κ1) is 24.6. The van der Waals surface area contributed by atoms with Crippen molar-refractivity contribution in [2.75, 3.05) is 4.90 Å². The Morgan fingerprint density at radius 2 is 0.952 bits per heavy atom. The molecule has 0 aliphatic heterocycles. The predicted molar refractivity (Wildman–Crippen MR) is 182 cm³/mol. The normalized spacial score (nSPS) is 11.3. The fourth-order valence-electron chi connectivity index (χ4n) is 6.05. The van der Waals surface area contributed by atoms with Crippen molar-refractivity contribution in [1.82, 2.24) is 0 Å². The zero-order valence-electron chi connectivity index (χ0n) is 22.9. The van der Waals surface area contributed by atoms with Crippen LogP contribution in [-0.2, 0) is 0 Å². The molecule has 7 aromatic carbocycles. The van der Waals surface area contributed by atoms with E-state index in [2.05, 4.69) is 169 Å². The average molecular weight is 554 g/mol. The van der Waals surface area contributed by atoms with Crippen LogP contribution in [0.25, 0.3) is 53.2 Å². The Balaban J connectivity index is 1.24. The monoisotopic (exact) mass is 553 g/mol. The first-order valence-corrected chi connectivity index (χ1v) is 15.1. The second-order valence-electron chi connectivity index (χ2n) is 10.6. The zero-order chi connectivity index (χ0) is 27.9. The van der Waals surface area contributed by atoms with Crippen LogP contribution in [0.4, 0.5) is 17.1 Å². The van der Waals surface area contributed by atoms with Crippen LogP contribution in [0.3, 0.4) is 0 Å². The molecule has 0 spiro atoms. The van der Waals surface area contributed by atoms with Crippen LogP contribution < -0.4 is 4.90 Å². The summed E-state index contributed by atoms with van der Waals surface area (Å²) in [6.07, 6.45) is 0. The zero-order valence-corrected chi connectivity index (χ0v) is 23.8. The van der Waals surface area contributed by atoms with Gasteiger partial charge in [-0.15, -0.1) is 11.3 Å². The van der Waals surface area contributed by atoms with Crippen molar-refractivity contribution in [2.45, 2.75) is 0 Å². The van der Waals surface area contributed by atoms with Gasteiger partial charge in [-0.3, -0.25) is 0 Å². The molecule has 0 fully saturated rings. The van der Waals surface area contributed by atoms with Gasteiger partial charge in [-0.05, 0) is 69.4 Å².